The summed E-state index contributed by atoms with van der Waals surface area (Å²) < 4.78 is 5.30. The number of amides is 1. The first-order chi connectivity index (χ1) is 14.8. The molecular formula is C25H23NO4S. The van der Waals surface area contributed by atoms with Gasteiger partial charge in [-0.05, 0) is 79.2 Å². The molecule has 31 heavy (non-hydrogen) atoms. The van der Waals surface area contributed by atoms with Crippen LogP contribution in [-0.2, 0) is 9.59 Å². The maximum absolute atomic E-state index is 13.2. The van der Waals surface area contributed by atoms with Crippen molar-refractivity contribution in [3.8, 4) is 5.75 Å². The first kappa shape index (κ1) is 20.9. The molecule has 1 saturated heterocycles. The third-order valence-corrected chi connectivity index (χ3v) is 6.33. The number of ketones is 1. The van der Waals surface area contributed by atoms with E-state index in [0.29, 0.717) is 17.0 Å². The van der Waals surface area contributed by atoms with Crippen LogP contribution in [0.3, 0.4) is 0 Å². The van der Waals surface area contributed by atoms with Crippen molar-refractivity contribution >= 4 is 34.5 Å². The number of carbonyl (C=O) groups is 2. The van der Waals surface area contributed by atoms with Crippen LogP contribution in [0.1, 0.15) is 33.2 Å². The van der Waals surface area contributed by atoms with E-state index in [4.69, 9.17) is 4.74 Å². The molecule has 1 atom stereocenters. The average Bonchev–Trinajstić information content (AvgIpc) is 3.34. The SMILES string of the molecule is COc1ccc(/C(O)=C2/C(=O)C(=O)N(c3cc(C)cc(C)c3)C2c2cccs2)cc1C. The molecular weight excluding hydrogens is 410 g/mol. The van der Waals surface area contributed by atoms with Crippen molar-refractivity contribution < 1.29 is 19.4 Å². The fourth-order valence-electron chi connectivity index (χ4n) is 4.09. The highest BCUT2D eigenvalue weighted by molar-refractivity contribution is 7.10. The number of aryl methyl sites for hydroxylation is 3. The quantitative estimate of drug-likeness (QED) is 0.344. The summed E-state index contributed by atoms with van der Waals surface area (Å²) in [6.07, 6.45) is 0. The molecule has 0 aliphatic carbocycles. The topological polar surface area (TPSA) is 66.8 Å². The lowest BCUT2D eigenvalue weighted by Crippen LogP contribution is -2.29. The third-order valence-electron chi connectivity index (χ3n) is 5.41. The summed E-state index contributed by atoms with van der Waals surface area (Å²) in [4.78, 5) is 28.6. The summed E-state index contributed by atoms with van der Waals surface area (Å²) >= 11 is 1.45. The van der Waals surface area contributed by atoms with Crippen LogP contribution in [0.5, 0.6) is 5.75 Å². The molecule has 3 aromatic rings. The Balaban J connectivity index is 1.93. The number of Topliss-reactive ketones (excluding diaryl/α,β-unsaturated/α-hetero) is 1. The van der Waals surface area contributed by atoms with Gasteiger partial charge >= 0.3 is 0 Å². The molecule has 0 spiro atoms. The average molecular weight is 434 g/mol. The first-order valence-corrected chi connectivity index (χ1v) is 10.8. The molecule has 1 N–H and O–H groups in total. The van der Waals surface area contributed by atoms with Gasteiger partial charge in [0.25, 0.3) is 11.7 Å². The van der Waals surface area contributed by atoms with Crippen molar-refractivity contribution in [2.45, 2.75) is 26.8 Å². The number of hydrogen-bond donors (Lipinski definition) is 1. The molecule has 1 unspecified atom stereocenters. The van der Waals surface area contributed by atoms with Crippen LogP contribution in [0, 0.1) is 20.8 Å². The zero-order valence-corrected chi connectivity index (χ0v) is 18.6. The maximum Gasteiger partial charge on any atom is 0.300 e. The molecule has 1 fully saturated rings. The second-order valence-electron chi connectivity index (χ2n) is 7.71. The Morgan fingerprint density at radius 2 is 1.74 bits per heavy atom. The molecule has 158 valence electrons. The van der Waals surface area contributed by atoms with Gasteiger partial charge in [0.05, 0.1) is 12.7 Å². The zero-order valence-electron chi connectivity index (χ0n) is 17.8. The number of methoxy groups -OCH3 is 1. The molecule has 4 rings (SSSR count). The van der Waals surface area contributed by atoms with E-state index in [2.05, 4.69) is 0 Å². The molecule has 2 heterocycles. The van der Waals surface area contributed by atoms with Crippen molar-refractivity contribution in [1.29, 1.82) is 0 Å². The fourth-order valence-corrected chi connectivity index (χ4v) is 4.91. The van der Waals surface area contributed by atoms with Gasteiger partial charge in [0.1, 0.15) is 17.6 Å². The Morgan fingerprint density at radius 1 is 1.03 bits per heavy atom. The Bertz CT molecular complexity index is 1190. The van der Waals surface area contributed by atoms with Gasteiger partial charge in [0.2, 0.25) is 0 Å². The van der Waals surface area contributed by atoms with E-state index in [1.165, 1.54) is 16.2 Å². The zero-order chi connectivity index (χ0) is 22.3. The molecule has 0 saturated carbocycles. The molecule has 2 aromatic carbocycles. The Hall–Kier alpha value is -3.38. The summed E-state index contributed by atoms with van der Waals surface area (Å²) in [6.45, 7) is 5.77. The molecule has 6 heteroatoms. The van der Waals surface area contributed by atoms with Crippen LogP contribution in [0.15, 0.2) is 59.5 Å². The Labute approximate surface area is 185 Å². The number of ether oxygens (including phenoxy) is 1. The van der Waals surface area contributed by atoms with Gasteiger partial charge in [-0.3, -0.25) is 14.5 Å². The molecule has 1 aliphatic rings. The van der Waals surface area contributed by atoms with Crippen molar-refractivity contribution in [3.05, 3.63) is 86.6 Å². The lowest BCUT2D eigenvalue weighted by Gasteiger charge is -2.25. The number of nitrogens with zero attached hydrogens (tertiary/aromatic N) is 1. The Kier molecular flexibility index (Phi) is 5.41. The number of aliphatic hydroxyl groups is 1. The van der Waals surface area contributed by atoms with Gasteiger partial charge in [-0.2, -0.15) is 0 Å². The van der Waals surface area contributed by atoms with Gasteiger partial charge in [0.15, 0.2) is 0 Å². The van der Waals surface area contributed by atoms with E-state index in [9.17, 15) is 14.7 Å². The van der Waals surface area contributed by atoms with Crippen molar-refractivity contribution in [1.82, 2.24) is 0 Å². The van der Waals surface area contributed by atoms with E-state index in [1.807, 2.05) is 56.5 Å². The maximum atomic E-state index is 13.2. The second-order valence-corrected chi connectivity index (χ2v) is 8.69. The van der Waals surface area contributed by atoms with Gasteiger partial charge in [-0.1, -0.05) is 12.1 Å². The molecule has 0 radical (unpaired) electrons. The van der Waals surface area contributed by atoms with Gasteiger partial charge in [-0.15, -0.1) is 11.3 Å². The number of thiophene rings is 1. The molecule has 0 bridgehead atoms. The molecule has 1 aliphatic heterocycles. The second kappa shape index (κ2) is 8.04. The minimum absolute atomic E-state index is 0.0937. The van der Waals surface area contributed by atoms with Crippen LogP contribution in [-0.4, -0.2) is 23.9 Å². The van der Waals surface area contributed by atoms with E-state index < -0.39 is 17.7 Å². The monoisotopic (exact) mass is 433 g/mol. The van der Waals surface area contributed by atoms with E-state index in [0.717, 1.165) is 21.6 Å². The van der Waals surface area contributed by atoms with Crippen LogP contribution in [0.25, 0.3) is 5.76 Å². The molecule has 1 aromatic heterocycles. The number of rotatable bonds is 4. The summed E-state index contributed by atoms with van der Waals surface area (Å²) in [7, 11) is 1.58. The number of carbonyl (C=O) groups excluding carboxylic acids is 2. The van der Waals surface area contributed by atoms with E-state index >= 15 is 0 Å². The standard InChI is InChI=1S/C25H23NO4S/c1-14-10-15(2)12-18(11-14)26-22(20-6-5-9-31-20)21(24(28)25(26)29)23(27)17-7-8-19(30-4)16(3)13-17/h5-13,22,27H,1-4H3/b23-21-. The van der Waals surface area contributed by atoms with E-state index in [1.54, 1.807) is 25.3 Å². The minimum Gasteiger partial charge on any atom is -0.507 e. The van der Waals surface area contributed by atoms with Crippen LogP contribution in [0.4, 0.5) is 5.69 Å². The highest BCUT2D eigenvalue weighted by Crippen LogP contribution is 2.44. The van der Waals surface area contributed by atoms with Crippen molar-refractivity contribution in [2.75, 3.05) is 12.0 Å². The fraction of sp³-hybridized carbons (Fsp3) is 0.200. The summed E-state index contributed by atoms with van der Waals surface area (Å²) in [5, 5.41) is 13.1. The summed E-state index contributed by atoms with van der Waals surface area (Å²) in [6, 6.07) is 14.0. The Morgan fingerprint density at radius 3 is 2.32 bits per heavy atom. The van der Waals surface area contributed by atoms with Gasteiger partial charge < -0.3 is 9.84 Å². The highest BCUT2D eigenvalue weighted by Gasteiger charge is 2.47. The number of hydrogen-bond acceptors (Lipinski definition) is 5. The summed E-state index contributed by atoms with van der Waals surface area (Å²) in [5.41, 5.74) is 4.01. The number of anilines is 1. The van der Waals surface area contributed by atoms with Gasteiger partial charge in [0, 0.05) is 16.1 Å². The normalized spacial score (nSPS) is 17.9. The molecule has 1 amide bonds. The van der Waals surface area contributed by atoms with Crippen molar-refractivity contribution in [2.24, 2.45) is 0 Å². The highest BCUT2D eigenvalue weighted by atomic mass is 32.1. The van der Waals surface area contributed by atoms with Crippen LogP contribution >= 0.6 is 11.3 Å². The largest absolute Gasteiger partial charge is 0.507 e. The van der Waals surface area contributed by atoms with E-state index in [-0.39, 0.29) is 11.3 Å². The minimum atomic E-state index is -0.691. The predicted molar refractivity (Wildman–Crippen MR) is 123 cm³/mol. The first-order valence-electron chi connectivity index (χ1n) is 9.89. The van der Waals surface area contributed by atoms with Gasteiger partial charge in [-0.25, -0.2) is 0 Å². The lowest BCUT2D eigenvalue weighted by atomic mass is 9.98. The molecule has 5 nitrogen and oxygen atoms in total. The lowest BCUT2D eigenvalue weighted by molar-refractivity contribution is -0.132. The van der Waals surface area contributed by atoms with Crippen LogP contribution < -0.4 is 9.64 Å². The smallest absolute Gasteiger partial charge is 0.300 e. The third kappa shape index (κ3) is 3.64. The predicted octanol–water partition coefficient (Wildman–Crippen LogP) is 5.31. The number of benzene rings is 2. The van der Waals surface area contributed by atoms with Crippen molar-refractivity contribution in [3.63, 3.8) is 0 Å². The van der Waals surface area contributed by atoms with Crippen LogP contribution in [0.2, 0.25) is 0 Å². The summed E-state index contributed by atoms with van der Waals surface area (Å²) in [5.74, 6) is -0.838. The number of aliphatic hydroxyl groups excluding tert-OH is 1.